The average Bonchev–Trinajstić information content (AvgIpc) is 2.36. The van der Waals surface area contributed by atoms with Gasteiger partial charge in [-0.2, -0.15) is 26.3 Å². The second kappa shape index (κ2) is 4.46. The summed E-state index contributed by atoms with van der Waals surface area (Å²) in [4.78, 5) is 0. The molecule has 0 amide bonds. The van der Waals surface area contributed by atoms with E-state index in [4.69, 9.17) is 26.3 Å². The van der Waals surface area contributed by atoms with Gasteiger partial charge in [-0.3, -0.25) is 0 Å². The predicted octanol–water partition coefficient (Wildman–Crippen LogP) is 1.35. The molecule has 0 aliphatic rings. The van der Waals surface area contributed by atoms with Crippen molar-refractivity contribution in [1.29, 1.82) is 26.3 Å². The van der Waals surface area contributed by atoms with Crippen LogP contribution in [0.2, 0.25) is 0 Å². The Morgan fingerprint density at radius 3 is 1.00 bits per heavy atom. The monoisotopic (exact) mass is 217 g/mol. The minimum atomic E-state index is -0.214. The lowest BCUT2D eigenvalue weighted by Crippen LogP contribution is -2.02. The fourth-order valence-corrected chi connectivity index (χ4v) is 1.49. The summed E-state index contributed by atoms with van der Waals surface area (Å²) in [7, 11) is 0. The van der Waals surface area contributed by atoms with Crippen LogP contribution < -0.4 is 0 Å². The molecule has 1 rings (SSSR count). The quantitative estimate of drug-likeness (QED) is 0.649. The van der Waals surface area contributed by atoms with Gasteiger partial charge in [0.25, 0.3) is 0 Å². The molecule has 0 atom stereocenters. The molecule has 0 fully saturated rings. The summed E-state index contributed by atoms with van der Waals surface area (Å²) in [5.41, 5.74) is -0.318. The van der Waals surface area contributed by atoms with E-state index in [1.807, 2.05) is 0 Å². The number of rotatable bonds is 0. The van der Waals surface area contributed by atoms with Gasteiger partial charge in [0.2, 0.25) is 0 Å². The van der Waals surface area contributed by atoms with Crippen LogP contribution in [0, 0.1) is 63.6 Å². The SMILES string of the molecule is Cc1c(C#N)c(C#N)c(C#N)c(C#N)c1C#N. The highest BCUT2D eigenvalue weighted by molar-refractivity contribution is 5.69. The molecule has 5 nitrogen and oxygen atoms in total. The van der Waals surface area contributed by atoms with Crippen LogP contribution in [-0.2, 0) is 0 Å². The van der Waals surface area contributed by atoms with Gasteiger partial charge in [-0.15, -0.1) is 0 Å². The molecule has 0 heterocycles. The molecule has 0 radical (unpaired) electrons. The van der Waals surface area contributed by atoms with Crippen LogP contribution >= 0.6 is 0 Å². The third kappa shape index (κ3) is 1.53. The first-order chi connectivity index (χ1) is 8.15. The molecule has 0 unspecified atom stereocenters. The van der Waals surface area contributed by atoms with Gasteiger partial charge < -0.3 is 0 Å². The highest BCUT2D eigenvalue weighted by Crippen LogP contribution is 2.25. The van der Waals surface area contributed by atoms with Gasteiger partial charge in [-0.25, -0.2) is 0 Å². The van der Waals surface area contributed by atoms with Gasteiger partial charge in [0.1, 0.15) is 30.3 Å². The van der Waals surface area contributed by atoms with E-state index in [2.05, 4.69) is 0 Å². The summed E-state index contributed by atoms with van der Waals surface area (Å²) in [6.07, 6.45) is 0. The minimum Gasteiger partial charge on any atom is -0.192 e. The Morgan fingerprint density at radius 2 is 0.765 bits per heavy atom. The molecule has 0 saturated heterocycles. The Bertz CT molecular complexity index is 655. The molecular weight excluding hydrogens is 214 g/mol. The summed E-state index contributed by atoms with van der Waals surface area (Å²) in [6, 6.07) is 8.71. The second-order valence-corrected chi connectivity index (χ2v) is 3.06. The maximum atomic E-state index is 8.93. The largest absolute Gasteiger partial charge is 0.192 e. The molecule has 0 spiro atoms. The average molecular weight is 217 g/mol. The van der Waals surface area contributed by atoms with Gasteiger partial charge in [0, 0.05) is 0 Å². The van der Waals surface area contributed by atoms with Crippen LogP contribution in [0.1, 0.15) is 33.4 Å². The van der Waals surface area contributed by atoms with Crippen molar-refractivity contribution in [2.75, 3.05) is 0 Å². The zero-order chi connectivity index (χ0) is 13.0. The van der Waals surface area contributed by atoms with Crippen molar-refractivity contribution in [3.8, 4) is 30.3 Å². The van der Waals surface area contributed by atoms with Crippen molar-refractivity contribution >= 4 is 0 Å². The molecule has 0 saturated carbocycles. The maximum Gasteiger partial charge on any atom is 0.102 e. The smallest absolute Gasteiger partial charge is 0.102 e. The van der Waals surface area contributed by atoms with E-state index in [0.29, 0.717) is 0 Å². The normalized spacial score (nSPS) is 8.00. The Labute approximate surface area is 97.6 Å². The van der Waals surface area contributed by atoms with Crippen molar-refractivity contribution in [3.63, 3.8) is 0 Å². The summed E-state index contributed by atoms with van der Waals surface area (Å²) < 4.78 is 0. The van der Waals surface area contributed by atoms with Crippen LogP contribution in [0.3, 0.4) is 0 Å². The van der Waals surface area contributed by atoms with Crippen molar-refractivity contribution < 1.29 is 0 Å². The highest BCUT2D eigenvalue weighted by atomic mass is 14.4. The standard InChI is InChI=1S/C12H3N5/c1-7-8(2-13)10(4-15)12(6-17)11(5-16)9(7)3-14/h1H3. The van der Waals surface area contributed by atoms with E-state index in [1.165, 1.54) is 6.92 Å². The second-order valence-electron chi connectivity index (χ2n) is 3.06. The molecule has 0 aliphatic heterocycles. The van der Waals surface area contributed by atoms with Gasteiger partial charge in [-0.05, 0) is 12.5 Å². The summed E-state index contributed by atoms with van der Waals surface area (Å²) in [6.45, 7) is 1.47. The van der Waals surface area contributed by atoms with Crippen LogP contribution in [-0.4, -0.2) is 0 Å². The zero-order valence-corrected chi connectivity index (χ0v) is 8.74. The van der Waals surface area contributed by atoms with E-state index in [-0.39, 0.29) is 33.4 Å². The maximum absolute atomic E-state index is 8.93. The Morgan fingerprint density at radius 1 is 0.529 bits per heavy atom. The Hall–Kier alpha value is -3.33. The first-order valence-electron chi connectivity index (χ1n) is 4.37. The molecule has 76 valence electrons. The number of hydrogen-bond acceptors (Lipinski definition) is 5. The van der Waals surface area contributed by atoms with Crippen molar-refractivity contribution in [1.82, 2.24) is 0 Å². The van der Waals surface area contributed by atoms with Crippen molar-refractivity contribution in [2.24, 2.45) is 0 Å². The van der Waals surface area contributed by atoms with Crippen molar-refractivity contribution in [2.45, 2.75) is 6.92 Å². The highest BCUT2D eigenvalue weighted by Gasteiger charge is 2.21. The molecule has 0 aromatic heterocycles. The summed E-state index contributed by atoms with van der Waals surface area (Å²) >= 11 is 0. The van der Waals surface area contributed by atoms with E-state index in [1.54, 1.807) is 30.3 Å². The summed E-state index contributed by atoms with van der Waals surface area (Å²) in [5, 5.41) is 44.6. The lowest BCUT2D eigenvalue weighted by Gasteiger charge is -2.07. The number of benzene rings is 1. The molecule has 5 heteroatoms. The van der Waals surface area contributed by atoms with Crippen LogP contribution in [0.25, 0.3) is 0 Å². The van der Waals surface area contributed by atoms with E-state index < -0.39 is 0 Å². The van der Waals surface area contributed by atoms with Crippen LogP contribution in [0.5, 0.6) is 0 Å². The van der Waals surface area contributed by atoms with Crippen LogP contribution in [0.4, 0.5) is 0 Å². The van der Waals surface area contributed by atoms with Gasteiger partial charge in [0.05, 0.1) is 27.8 Å². The lowest BCUT2D eigenvalue weighted by atomic mass is 9.89. The van der Waals surface area contributed by atoms with Crippen LogP contribution in [0.15, 0.2) is 0 Å². The van der Waals surface area contributed by atoms with Gasteiger partial charge in [0.15, 0.2) is 0 Å². The predicted molar refractivity (Wildman–Crippen MR) is 54.8 cm³/mol. The molecule has 0 aliphatic carbocycles. The summed E-state index contributed by atoms with van der Waals surface area (Å²) in [5.74, 6) is 0. The Kier molecular flexibility index (Phi) is 3.08. The molecule has 1 aromatic carbocycles. The fourth-order valence-electron chi connectivity index (χ4n) is 1.49. The van der Waals surface area contributed by atoms with Gasteiger partial charge >= 0.3 is 0 Å². The Balaban J connectivity index is 4.10. The first kappa shape index (κ1) is 11.7. The number of nitriles is 5. The first-order valence-corrected chi connectivity index (χ1v) is 4.37. The third-order valence-corrected chi connectivity index (χ3v) is 2.31. The molecule has 1 aromatic rings. The van der Waals surface area contributed by atoms with E-state index >= 15 is 0 Å². The third-order valence-electron chi connectivity index (χ3n) is 2.31. The van der Waals surface area contributed by atoms with Gasteiger partial charge in [-0.1, -0.05) is 0 Å². The number of nitrogens with zero attached hydrogens (tertiary/aromatic N) is 5. The van der Waals surface area contributed by atoms with Crippen molar-refractivity contribution in [3.05, 3.63) is 33.4 Å². The molecule has 0 bridgehead atoms. The minimum absolute atomic E-state index is 0.0281. The topological polar surface area (TPSA) is 119 Å². The molecule has 0 N–H and O–H groups in total. The zero-order valence-electron chi connectivity index (χ0n) is 8.74. The van der Waals surface area contributed by atoms with E-state index in [0.717, 1.165) is 0 Å². The number of hydrogen-bond donors (Lipinski definition) is 0. The van der Waals surface area contributed by atoms with E-state index in [9.17, 15) is 0 Å². The molecular formula is C12H3N5. The molecule has 17 heavy (non-hydrogen) atoms. The fraction of sp³-hybridized carbons (Fsp3) is 0.0833. The lowest BCUT2D eigenvalue weighted by molar-refractivity contribution is 1.28.